The van der Waals surface area contributed by atoms with Crippen LogP contribution < -0.4 is 14.4 Å². The predicted molar refractivity (Wildman–Crippen MR) is 101 cm³/mol. The van der Waals surface area contributed by atoms with Gasteiger partial charge in [-0.3, -0.25) is 4.90 Å². The van der Waals surface area contributed by atoms with Crippen LogP contribution in [0.2, 0.25) is 0 Å². The Morgan fingerprint density at radius 1 is 0.800 bits per heavy atom. The normalized spacial score (nSPS) is 17.5. The Morgan fingerprint density at radius 3 is 2.36 bits per heavy atom. The van der Waals surface area contributed by atoms with Crippen LogP contribution in [0.25, 0.3) is 0 Å². The summed E-state index contributed by atoms with van der Waals surface area (Å²) < 4.78 is 11.3. The number of anilines is 1. The molecule has 0 bridgehead atoms. The van der Waals surface area contributed by atoms with E-state index in [-0.39, 0.29) is 0 Å². The molecular formula is C21H26N2O2. The standard InChI is InChI=1S/C21H26N2O2/c1-2-5-18(6-3-1)7-4-10-22-11-13-23(14-12-22)19-8-9-20-21(17-19)25-16-15-24-20/h1-3,5-6,8-9,17H,4,7,10-16H2. The molecule has 132 valence electrons. The van der Waals surface area contributed by atoms with Crippen molar-refractivity contribution in [3.05, 3.63) is 54.1 Å². The largest absolute Gasteiger partial charge is 0.486 e. The lowest BCUT2D eigenvalue weighted by Gasteiger charge is -2.36. The van der Waals surface area contributed by atoms with Crippen LogP contribution in [0.5, 0.6) is 11.5 Å². The third kappa shape index (κ3) is 4.07. The molecule has 2 aliphatic heterocycles. The quantitative estimate of drug-likeness (QED) is 0.836. The molecule has 0 unspecified atom stereocenters. The molecule has 25 heavy (non-hydrogen) atoms. The number of rotatable bonds is 5. The summed E-state index contributed by atoms with van der Waals surface area (Å²) in [6.45, 7) is 6.88. The maximum Gasteiger partial charge on any atom is 0.163 e. The van der Waals surface area contributed by atoms with Gasteiger partial charge in [-0.25, -0.2) is 0 Å². The fourth-order valence-corrected chi connectivity index (χ4v) is 3.61. The van der Waals surface area contributed by atoms with Gasteiger partial charge in [0.05, 0.1) is 0 Å². The van der Waals surface area contributed by atoms with Gasteiger partial charge in [-0.05, 0) is 37.1 Å². The Morgan fingerprint density at radius 2 is 1.56 bits per heavy atom. The van der Waals surface area contributed by atoms with Crippen molar-refractivity contribution in [3.8, 4) is 11.5 Å². The average molecular weight is 338 g/mol. The maximum atomic E-state index is 5.71. The summed E-state index contributed by atoms with van der Waals surface area (Å²) in [6.07, 6.45) is 2.40. The van der Waals surface area contributed by atoms with E-state index in [0.717, 1.165) is 37.7 Å². The molecule has 1 fully saturated rings. The average Bonchev–Trinajstić information content (AvgIpc) is 2.69. The number of fused-ring (bicyclic) bond motifs is 1. The molecular weight excluding hydrogens is 312 g/mol. The first kappa shape index (κ1) is 16.3. The second-order valence-electron chi connectivity index (χ2n) is 6.75. The molecule has 0 atom stereocenters. The van der Waals surface area contributed by atoms with Crippen LogP contribution in [0.1, 0.15) is 12.0 Å². The van der Waals surface area contributed by atoms with Crippen molar-refractivity contribution in [1.29, 1.82) is 0 Å². The number of aryl methyl sites for hydroxylation is 1. The summed E-state index contributed by atoms with van der Waals surface area (Å²) in [7, 11) is 0. The van der Waals surface area contributed by atoms with Gasteiger partial charge in [0.25, 0.3) is 0 Å². The number of benzene rings is 2. The summed E-state index contributed by atoms with van der Waals surface area (Å²) in [5.74, 6) is 1.75. The van der Waals surface area contributed by atoms with Gasteiger partial charge in [0.15, 0.2) is 11.5 Å². The number of piperazine rings is 1. The Labute approximate surface area is 150 Å². The molecule has 0 spiro atoms. The van der Waals surface area contributed by atoms with Gasteiger partial charge in [0.1, 0.15) is 13.2 Å². The molecule has 0 radical (unpaired) electrons. The second-order valence-corrected chi connectivity index (χ2v) is 6.75. The Bertz CT molecular complexity index is 682. The number of hydrogen-bond acceptors (Lipinski definition) is 4. The van der Waals surface area contributed by atoms with Crippen molar-refractivity contribution < 1.29 is 9.47 Å². The lowest BCUT2D eigenvalue weighted by molar-refractivity contribution is 0.171. The zero-order valence-corrected chi connectivity index (χ0v) is 14.7. The molecule has 4 rings (SSSR count). The number of ether oxygens (including phenoxy) is 2. The molecule has 2 heterocycles. The second kappa shape index (κ2) is 7.79. The molecule has 0 N–H and O–H groups in total. The summed E-state index contributed by atoms with van der Waals surface area (Å²) in [6, 6.07) is 17.1. The van der Waals surface area contributed by atoms with Gasteiger partial charge in [-0.2, -0.15) is 0 Å². The van der Waals surface area contributed by atoms with E-state index in [2.05, 4.69) is 52.3 Å². The molecule has 4 heteroatoms. The molecule has 0 aromatic heterocycles. The van der Waals surface area contributed by atoms with Gasteiger partial charge < -0.3 is 14.4 Å². The number of nitrogens with zero attached hydrogens (tertiary/aromatic N) is 2. The van der Waals surface area contributed by atoms with Crippen LogP contribution in [0, 0.1) is 0 Å². The molecule has 2 aromatic rings. The van der Waals surface area contributed by atoms with Crippen LogP contribution in [0.15, 0.2) is 48.5 Å². The predicted octanol–water partition coefficient (Wildman–Crippen LogP) is 3.21. The van der Waals surface area contributed by atoms with Gasteiger partial charge in [-0.1, -0.05) is 30.3 Å². The highest BCUT2D eigenvalue weighted by Gasteiger charge is 2.19. The van der Waals surface area contributed by atoms with Crippen molar-refractivity contribution in [2.75, 3.05) is 50.8 Å². The van der Waals surface area contributed by atoms with Crippen molar-refractivity contribution in [2.24, 2.45) is 0 Å². The van der Waals surface area contributed by atoms with E-state index in [9.17, 15) is 0 Å². The minimum absolute atomic E-state index is 0.644. The first-order valence-electron chi connectivity index (χ1n) is 9.29. The van der Waals surface area contributed by atoms with Crippen molar-refractivity contribution in [3.63, 3.8) is 0 Å². The molecule has 0 aliphatic carbocycles. The van der Waals surface area contributed by atoms with Crippen LogP contribution >= 0.6 is 0 Å². The Kier molecular flexibility index (Phi) is 5.07. The summed E-state index contributed by atoms with van der Waals surface area (Å²) in [4.78, 5) is 5.03. The molecule has 4 nitrogen and oxygen atoms in total. The lowest BCUT2D eigenvalue weighted by atomic mass is 10.1. The lowest BCUT2D eigenvalue weighted by Crippen LogP contribution is -2.46. The van der Waals surface area contributed by atoms with E-state index in [1.807, 2.05) is 6.07 Å². The summed E-state index contributed by atoms with van der Waals surface area (Å²) >= 11 is 0. The van der Waals surface area contributed by atoms with Crippen molar-refractivity contribution in [1.82, 2.24) is 4.90 Å². The number of hydrogen-bond donors (Lipinski definition) is 0. The molecule has 2 aliphatic rings. The minimum atomic E-state index is 0.644. The van der Waals surface area contributed by atoms with E-state index in [4.69, 9.17) is 9.47 Å². The van der Waals surface area contributed by atoms with E-state index in [1.165, 1.54) is 30.6 Å². The van der Waals surface area contributed by atoms with Crippen molar-refractivity contribution >= 4 is 5.69 Å². The molecule has 2 aromatic carbocycles. The highest BCUT2D eigenvalue weighted by atomic mass is 16.6. The Hall–Kier alpha value is -2.20. The fourth-order valence-electron chi connectivity index (χ4n) is 3.61. The van der Waals surface area contributed by atoms with Crippen LogP contribution in [-0.4, -0.2) is 50.8 Å². The zero-order chi connectivity index (χ0) is 16.9. The zero-order valence-electron chi connectivity index (χ0n) is 14.7. The van der Waals surface area contributed by atoms with E-state index in [0.29, 0.717) is 13.2 Å². The summed E-state index contributed by atoms with van der Waals surface area (Å²) in [5, 5.41) is 0. The minimum Gasteiger partial charge on any atom is -0.486 e. The topological polar surface area (TPSA) is 24.9 Å². The monoisotopic (exact) mass is 338 g/mol. The molecule has 1 saturated heterocycles. The Balaban J connectivity index is 1.25. The van der Waals surface area contributed by atoms with Crippen LogP contribution in [-0.2, 0) is 6.42 Å². The van der Waals surface area contributed by atoms with Gasteiger partial charge in [-0.15, -0.1) is 0 Å². The highest BCUT2D eigenvalue weighted by molar-refractivity contribution is 5.57. The molecule has 0 saturated carbocycles. The van der Waals surface area contributed by atoms with E-state index < -0.39 is 0 Å². The maximum absolute atomic E-state index is 5.71. The third-order valence-electron chi connectivity index (χ3n) is 5.05. The SMILES string of the molecule is c1ccc(CCCN2CCN(c3ccc4c(c3)OCCO4)CC2)cc1. The van der Waals surface area contributed by atoms with Crippen LogP contribution in [0.3, 0.4) is 0 Å². The smallest absolute Gasteiger partial charge is 0.163 e. The third-order valence-corrected chi connectivity index (χ3v) is 5.05. The van der Waals surface area contributed by atoms with Crippen LogP contribution in [0.4, 0.5) is 5.69 Å². The van der Waals surface area contributed by atoms with Gasteiger partial charge in [0, 0.05) is 37.9 Å². The van der Waals surface area contributed by atoms with Gasteiger partial charge in [0.2, 0.25) is 0 Å². The summed E-state index contributed by atoms with van der Waals surface area (Å²) in [5.41, 5.74) is 2.69. The van der Waals surface area contributed by atoms with Crippen molar-refractivity contribution in [2.45, 2.75) is 12.8 Å². The molecule has 0 amide bonds. The van der Waals surface area contributed by atoms with E-state index in [1.54, 1.807) is 0 Å². The first-order valence-corrected chi connectivity index (χ1v) is 9.29. The van der Waals surface area contributed by atoms with Gasteiger partial charge >= 0.3 is 0 Å². The fraction of sp³-hybridized carbons (Fsp3) is 0.429. The van der Waals surface area contributed by atoms with E-state index >= 15 is 0 Å². The first-order chi connectivity index (χ1) is 12.4. The highest BCUT2D eigenvalue weighted by Crippen LogP contribution is 2.34.